The summed E-state index contributed by atoms with van der Waals surface area (Å²) >= 11 is 6.06. The van der Waals surface area contributed by atoms with Crippen LogP contribution in [0.25, 0.3) is 5.69 Å². The first kappa shape index (κ1) is 15.9. The van der Waals surface area contributed by atoms with Gasteiger partial charge in [-0.3, -0.25) is 9.69 Å². The van der Waals surface area contributed by atoms with Gasteiger partial charge in [0.05, 0.1) is 17.9 Å². The number of nitrogens with one attached hydrogen (secondary N) is 2. The fourth-order valence-electron chi connectivity index (χ4n) is 2.63. The second-order valence-corrected chi connectivity index (χ2v) is 6.01. The van der Waals surface area contributed by atoms with Gasteiger partial charge >= 0.3 is 0 Å². The number of carbonyl (C=O) groups excluding carboxylic acids is 1. The van der Waals surface area contributed by atoms with Crippen molar-refractivity contribution >= 4 is 23.2 Å². The van der Waals surface area contributed by atoms with Gasteiger partial charge in [-0.05, 0) is 25.1 Å². The van der Waals surface area contributed by atoms with Gasteiger partial charge in [0.1, 0.15) is 12.7 Å². The average molecular weight is 335 g/mol. The van der Waals surface area contributed by atoms with Crippen molar-refractivity contribution in [2.75, 3.05) is 31.5 Å². The van der Waals surface area contributed by atoms with Crippen molar-refractivity contribution in [2.45, 2.75) is 13.0 Å². The Balaban J connectivity index is 1.74. The Morgan fingerprint density at radius 1 is 1.52 bits per heavy atom. The monoisotopic (exact) mass is 334 g/mol. The van der Waals surface area contributed by atoms with E-state index in [9.17, 15) is 4.79 Å². The summed E-state index contributed by atoms with van der Waals surface area (Å²) in [5.41, 5.74) is 1.35. The summed E-state index contributed by atoms with van der Waals surface area (Å²) in [5.74, 6) is -0.0672. The number of piperazine rings is 1. The molecule has 8 heteroatoms. The van der Waals surface area contributed by atoms with Crippen LogP contribution >= 0.6 is 11.6 Å². The molecule has 2 heterocycles. The van der Waals surface area contributed by atoms with Crippen LogP contribution in [-0.4, -0.2) is 57.8 Å². The van der Waals surface area contributed by atoms with Crippen molar-refractivity contribution in [3.63, 3.8) is 0 Å². The van der Waals surface area contributed by atoms with E-state index in [0.717, 1.165) is 25.3 Å². The van der Waals surface area contributed by atoms with Crippen LogP contribution in [0.1, 0.15) is 6.92 Å². The highest BCUT2D eigenvalue weighted by Crippen LogP contribution is 2.24. The lowest BCUT2D eigenvalue weighted by Crippen LogP contribution is -2.52. The molecule has 1 saturated heterocycles. The smallest absolute Gasteiger partial charge is 0.238 e. The molecule has 0 spiro atoms. The Hall–Kier alpha value is -1.96. The number of aromatic nitrogens is 3. The maximum Gasteiger partial charge on any atom is 0.238 e. The van der Waals surface area contributed by atoms with Gasteiger partial charge in [0.25, 0.3) is 0 Å². The number of amides is 1. The first-order valence-electron chi connectivity index (χ1n) is 7.52. The number of rotatable bonds is 4. The molecule has 3 rings (SSSR count). The SMILES string of the molecule is C[C@@H]1CNCCN1CC(=O)Nc1cc(Cl)ccc1-n1cncn1. The normalized spacial score (nSPS) is 18.8. The molecule has 0 radical (unpaired) electrons. The lowest BCUT2D eigenvalue weighted by Gasteiger charge is -2.33. The minimum absolute atomic E-state index is 0.0672. The molecule has 7 nitrogen and oxygen atoms in total. The zero-order valence-electron chi connectivity index (χ0n) is 12.9. The zero-order valence-corrected chi connectivity index (χ0v) is 13.6. The van der Waals surface area contributed by atoms with Crippen LogP contribution in [0.5, 0.6) is 0 Å². The number of hydrogen-bond donors (Lipinski definition) is 2. The van der Waals surface area contributed by atoms with Crippen molar-refractivity contribution in [1.29, 1.82) is 0 Å². The summed E-state index contributed by atoms with van der Waals surface area (Å²) in [6, 6.07) is 5.62. The van der Waals surface area contributed by atoms with Crippen LogP contribution in [0.2, 0.25) is 5.02 Å². The van der Waals surface area contributed by atoms with Gasteiger partial charge in [-0.2, -0.15) is 5.10 Å². The van der Waals surface area contributed by atoms with Crippen molar-refractivity contribution in [3.8, 4) is 5.69 Å². The molecule has 23 heavy (non-hydrogen) atoms. The Morgan fingerprint density at radius 2 is 2.39 bits per heavy atom. The third kappa shape index (κ3) is 3.87. The van der Waals surface area contributed by atoms with Crippen molar-refractivity contribution < 1.29 is 4.79 Å². The molecule has 1 fully saturated rings. The first-order chi connectivity index (χ1) is 11.1. The zero-order chi connectivity index (χ0) is 16.2. The molecule has 0 unspecified atom stereocenters. The van der Waals surface area contributed by atoms with Gasteiger partial charge in [0, 0.05) is 30.7 Å². The fraction of sp³-hybridized carbons (Fsp3) is 0.400. The van der Waals surface area contributed by atoms with Crippen molar-refractivity contribution in [1.82, 2.24) is 25.0 Å². The second kappa shape index (κ2) is 7.08. The topological polar surface area (TPSA) is 75.1 Å². The highest BCUT2D eigenvalue weighted by atomic mass is 35.5. The predicted octanol–water partition coefficient (Wildman–Crippen LogP) is 1.15. The van der Waals surface area contributed by atoms with E-state index in [2.05, 4.69) is 32.5 Å². The summed E-state index contributed by atoms with van der Waals surface area (Å²) in [4.78, 5) is 18.5. The molecule has 0 saturated carbocycles. The van der Waals surface area contributed by atoms with Crippen LogP contribution in [-0.2, 0) is 4.79 Å². The van der Waals surface area contributed by atoms with E-state index in [1.165, 1.54) is 6.33 Å². The number of carbonyl (C=O) groups is 1. The number of benzene rings is 1. The molecule has 1 aromatic heterocycles. The molecule has 0 bridgehead atoms. The van der Waals surface area contributed by atoms with Crippen LogP contribution < -0.4 is 10.6 Å². The van der Waals surface area contributed by atoms with Crippen LogP contribution in [0.3, 0.4) is 0 Å². The second-order valence-electron chi connectivity index (χ2n) is 5.57. The quantitative estimate of drug-likeness (QED) is 0.877. The Kier molecular flexibility index (Phi) is 4.90. The van der Waals surface area contributed by atoms with E-state index in [4.69, 9.17) is 11.6 Å². The number of hydrogen-bond acceptors (Lipinski definition) is 5. The molecule has 1 aliphatic heterocycles. The summed E-state index contributed by atoms with van der Waals surface area (Å²) in [6.45, 7) is 5.12. The van der Waals surface area contributed by atoms with E-state index in [1.54, 1.807) is 29.2 Å². The number of nitrogens with zero attached hydrogens (tertiary/aromatic N) is 4. The fourth-order valence-corrected chi connectivity index (χ4v) is 2.81. The predicted molar refractivity (Wildman–Crippen MR) is 88.9 cm³/mol. The summed E-state index contributed by atoms with van der Waals surface area (Å²) in [7, 11) is 0. The molecule has 1 atom stereocenters. The molecule has 1 aliphatic rings. The Morgan fingerprint density at radius 3 is 3.13 bits per heavy atom. The highest BCUT2D eigenvalue weighted by Gasteiger charge is 2.20. The Bertz CT molecular complexity index is 675. The van der Waals surface area contributed by atoms with Gasteiger partial charge in [-0.15, -0.1) is 0 Å². The molecular formula is C15H19ClN6O. The standard InChI is InChI=1S/C15H19ClN6O/c1-11-7-17-4-5-21(11)8-15(23)20-13-6-12(16)2-3-14(13)22-10-18-9-19-22/h2-3,6,9-11,17H,4-5,7-8H2,1H3,(H,20,23)/t11-/m1/s1. The van der Waals surface area contributed by atoms with Gasteiger partial charge in [0.15, 0.2) is 0 Å². The van der Waals surface area contributed by atoms with Gasteiger partial charge in [-0.25, -0.2) is 9.67 Å². The molecule has 1 aromatic carbocycles. The van der Waals surface area contributed by atoms with Gasteiger partial charge < -0.3 is 10.6 Å². The highest BCUT2D eigenvalue weighted by molar-refractivity contribution is 6.31. The third-order valence-corrected chi connectivity index (χ3v) is 4.12. The van der Waals surface area contributed by atoms with Crippen LogP contribution in [0, 0.1) is 0 Å². The maximum atomic E-state index is 12.4. The molecular weight excluding hydrogens is 316 g/mol. The van der Waals surface area contributed by atoms with Crippen molar-refractivity contribution in [2.24, 2.45) is 0 Å². The van der Waals surface area contributed by atoms with E-state index in [-0.39, 0.29) is 5.91 Å². The van der Waals surface area contributed by atoms with Gasteiger partial charge in [0.2, 0.25) is 5.91 Å². The molecule has 122 valence electrons. The number of halogens is 1. The van der Waals surface area contributed by atoms with Crippen LogP contribution in [0.15, 0.2) is 30.9 Å². The average Bonchev–Trinajstić information content (AvgIpc) is 3.04. The summed E-state index contributed by atoms with van der Waals surface area (Å²) in [6.07, 6.45) is 3.03. The minimum Gasteiger partial charge on any atom is -0.323 e. The van der Waals surface area contributed by atoms with Crippen molar-refractivity contribution in [3.05, 3.63) is 35.9 Å². The van der Waals surface area contributed by atoms with Crippen LogP contribution in [0.4, 0.5) is 5.69 Å². The lowest BCUT2D eigenvalue weighted by atomic mass is 10.2. The van der Waals surface area contributed by atoms with Gasteiger partial charge in [-0.1, -0.05) is 11.6 Å². The lowest BCUT2D eigenvalue weighted by molar-refractivity contribution is -0.118. The summed E-state index contributed by atoms with van der Waals surface area (Å²) < 4.78 is 1.60. The largest absolute Gasteiger partial charge is 0.323 e. The van der Waals surface area contributed by atoms with E-state index < -0.39 is 0 Å². The molecule has 2 N–H and O–H groups in total. The minimum atomic E-state index is -0.0672. The summed E-state index contributed by atoms with van der Waals surface area (Å²) in [5, 5.41) is 10.9. The third-order valence-electron chi connectivity index (χ3n) is 3.88. The molecule has 0 aliphatic carbocycles. The molecule has 2 aromatic rings. The Labute approximate surface area is 139 Å². The maximum absolute atomic E-state index is 12.4. The molecule has 1 amide bonds. The van der Waals surface area contributed by atoms with E-state index >= 15 is 0 Å². The number of anilines is 1. The van der Waals surface area contributed by atoms with E-state index in [1.807, 2.05) is 0 Å². The van der Waals surface area contributed by atoms with E-state index in [0.29, 0.717) is 23.3 Å². The first-order valence-corrected chi connectivity index (χ1v) is 7.90.